The number of benzene rings is 1. The molecule has 0 saturated heterocycles. The molecule has 0 bridgehead atoms. The van der Waals surface area contributed by atoms with Crippen LogP contribution in [0.25, 0.3) is 0 Å². The average Bonchev–Trinajstić information content (AvgIpc) is 2.32. The Labute approximate surface area is 114 Å². The van der Waals surface area contributed by atoms with E-state index in [2.05, 4.69) is 12.2 Å². The first-order valence-electron chi connectivity index (χ1n) is 6.31. The highest BCUT2D eigenvalue weighted by Gasteiger charge is 2.38. The van der Waals surface area contributed by atoms with Crippen LogP contribution in [0.4, 0.5) is 24.5 Å². The van der Waals surface area contributed by atoms with Gasteiger partial charge in [0.25, 0.3) is 5.69 Å². The summed E-state index contributed by atoms with van der Waals surface area (Å²) < 4.78 is 38.4. The van der Waals surface area contributed by atoms with Crippen LogP contribution in [0, 0.1) is 15.5 Å². The van der Waals surface area contributed by atoms with Crippen LogP contribution < -0.4 is 5.32 Å². The quantitative estimate of drug-likeness (QED) is 0.666. The number of alkyl halides is 3. The van der Waals surface area contributed by atoms with Crippen molar-refractivity contribution in [3.05, 3.63) is 33.9 Å². The number of anilines is 1. The maximum Gasteiger partial charge on any atom is 0.423 e. The van der Waals surface area contributed by atoms with Crippen LogP contribution in [0.3, 0.4) is 0 Å². The van der Waals surface area contributed by atoms with Crippen molar-refractivity contribution in [3.8, 4) is 0 Å². The van der Waals surface area contributed by atoms with Gasteiger partial charge in [-0.25, -0.2) is 0 Å². The van der Waals surface area contributed by atoms with Gasteiger partial charge in [0.15, 0.2) is 0 Å². The van der Waals surface area contributed by atoms with E-state index in [9.17, 15) is 23.3 Å². The smallest absolute Gasteiger partial charge is 0.384 e. The zero-order chi connectivity index (χ0) is 15.0. The Bertz CT molecular complexity index is 525. The van der Waals surface area contributed by atoms with Gasteiger partial charge < -0.3 is 5.32 Å². The highest BCUT2D eigenvalue weighted by Crippen LogP contribution is 2.41. The molecule has 1 N–H and O–H groups in total. The molecule has 4 nitrogen and oxygen atoms in total. The predicted molar refractivity (Wildman–Crippen MR) is 68.5 cm³/mol. The molecule has 1 aliphatic rings. The number of hydrogen-bond donors (Lipinski definition) is 1. The van der Waals surface area contributed by atoms with E-state index in [0.29, 0.717) is 6.54 Å². The third-order valence-corrected chi connectivity index (χ3v) is 3.78. The lowest BCUT2D eigenvalue weighted by Gasteiger charge is -2.38. The fourth-order valence-electron chi connectivity index (χ4n) is 2.30. The standard InChI is InChI=1S/C13H15F3N2O2/c1-12(5-2-6-12)8-17-9-3-4-11(18(19)20)10(7-9)13(14,15)16/h3-4,7,17H,2,5-6,8H2,1H3. The van der Waals surface area contributed by atoms with Crippen molar-refractivity contribution in [1.29, 1.82) is 0 Å². The van der Waals surface area contributed by atoms with Crippen molar-refractivity contribution < 1.29 is 18.1 Å². The molecule has 0 heterocycles. The second-order valence-corrected chi connectivity index (χ2v) is 5.50. The normalized spacial score (nSPS) is 17.4. The second kappa shape index (κ2) is 4.96. The highest BCUT2D eigenvalue weighted by molar-refractivity contribution is 5.55. The van der Waals surface area contributed by atoms with E-state index in [4.69, 9.17) is 0 Å². The zero-order valence-corrected chi connectivity index (χ0v) is 11.0. The maximum atomic E-state index is 12.8. The molecule has 7 heteroatoms. The van der Waals surface area contributed by atoms with E-state index in [1.54, 1.807) is 0 Å². The minimum Gasteiger partial charge on any atom is -0.384 e. The van der Waals surface area contributed by atoms with Crippen molar-refractivity contribution in [2.24, 2.45) is 5.41 Å². The average molecular weight is 288 g/mol. The SMILES string of the molecule is CC1(CNc2ccc([N+](=O)[O-])c(C(F)(F)F)c2)CCC1. The molecule has 0 spiro atoms. The van der Waals surface area contributed by atoms with Gasteiger partial charge in [-0.2, -0.15) is 13.2 Å². The van der Waals surface area contributed by atoms with Gasteiger partial charge in [-0.1, -0.05) is 13.3 Å². The van der Waals surface area contributed by atoms with Gasteiger partial charge >= 0.3 is 6.18 Å². The van der Waals surface area contributed by atoms with E-state index in [1.165, 1.54) is 6.07 Å². The van der Waals surface area contributed by atoms with Gasteiger partial charge in [0.05, 0.1) is 4.92 Å². The Morgan fingerprint density at radius 3 is 2.50 bits per heavy atom. The summed E-state index contributed by atoms with van der Waals surface area (Å²) in [5, 5.41) is 13.6. The Kier molecular flexibility index (Phi) is 3.62. The van der Waals surface area contributed by atoms with Gasteiger partial charge in [0, 0.05) is 18.3 Å². The number of nitrogens with zero attached hydrogens (tertiary/aromatic N) is 1. The monoisotopic (exact) mass is 288 g/mol. The lowest BCUT2D eigenvalue weighted by Crippen LogP contribution is -2.33. The lowest BCUT2D eigenvalue weighted by molar-refractivity contribution is -0.388. The molecule has 0 radical (unpaired) electrons. The van der Waals surface area contributed by atoms with Gasteiger partial charge in [0.2, 0.25) is 0 Å². The molecule has 0 atom stereocenters. The molecule has 1 aliphatic carbocycles. The first-order chi connectivity index (χ1) is 9.21. The van der Waals surface area contributed by atoms with E-state index in [-0.39, 0.29) is 11.1 Å². The summed E-state index contributed by atoms with van der Waals surface area (Å²) in [6.45, 7) is 2.64. The molecule has 110 valence electrons. The molecule has 20 heavy (non-hydrogen) atoms. The minimum absolute atomic E-state index is 0.111. The number of nitro groups is 1. The van der Waals surface area contributed by atoms with E-state index in [1.807, 2.05) is 0 Å². The van der Waals surface area contributed by atoms with Crippen LogP contribution in [0.1, 0.15) is 31.7 Å². The van der Waals surface area contributed by atoms with Crippen molar-refractivity contribution in [3.63, 3.8) is 0 Å². The minimum atomic E-state index is -4.74. The lowest BCUT2D eigenvalue weighted by atomic mass is 9.70. The summed E-state index contributed by atoms with van der Waals surface area (Å²) >= 11 is 0. The fraction of sp³-hybridized carbons (Fsp3) is 0.538. The van der Waals surface area contributed by atoms with Gasteiger partial charge in [-0.3, -0.25) is 10.1 Å². The Balaban J connectivity index is 2.21. The number of nitro benzene ring substituents is 1. The first kappa shape index (κ1) is 14.6. The molecule has 0 aliphatic heterocycles. The second-order valence-electron chi connectivity index (χ2n) is 5.50. The van der Waals surface area contributed by atoms with E-state index in [0.717, 1.165) is 31.4 Å². The van der Waals surface area contributed by atoms with Gasteiger partial charge in [0.1, 0.15) is 5.56 Å². The molecule has 1 aromatic rings. The summed E-state index contributed by atoms with van der Waals surface area (Å²) in [5.41, 5.74) is -1.76. The molecule has 1 aromatic carbocycles. The summed E-state index contributed by atoms with van der Waals surface area (Å²) in [6, 6.07) is 3.02. The zero-order valence-electron chi connectivity index (χ0n) is 11.0. The summed E-state index contributed by atoms with van der Waals surface area (Å²) in [7, 11) is 0. The molecule has 0 amide bonds. The Hall–Kier alpha value is -1.79. The Morgan fingerprint density at radius 1 is 1.40 bits per heavy atom. The molecule has 2 rings (SSSR count). The van der Waals surface area contributed by atoms with Gasteiger partial charge in [-0.05, 0) is 30.4 Å². The predicted octanol–water partition coefficient (Wildman–Crippen LogP) is 4.22. The van der Waals surface area contributed by atoms with E-state index < -0.39 is 22.4 Å². The molecule has 0 unspecified atom stereocenters. The van der Waals surface area contributed by atoms with Crippen LogP contribution in [-0.2, 0) is 6.18 Å². The maximum absolute atomic E-state index is 12.8. The van der Waals surface area contributed by atoms with Crippen LogP contribution in [0.2, 0.25) is 0 Å². The number of halogens is 3. The van der Waals surface area contributed by atoms with Crippen molar-refractivity contribution in [2.75, 3.05) is 11.9 Å². The summed E-state index contributed by atoms with van der Waals surface area (Å²) in [5.74, 6) is 0. The Morgan fingerprint density at radius 2 is 2.05 bits per heavy atom. The first-order valence-corrected chi connectivity index (χ1v) is 6.31. The van der Waals surface area contributed by atoms with Crippen molar-refractivity contribution in [2.45, 2.75) is 32.4 Å². The molecule has 1 saturated carbocycles. The number of hydrogen-bond acceptors (Lipinski definition) is 3. The summed E-state index contributed by atoms with van der Waals surface area (Å²) in [6.07, 6.45) is -1.52. The van der Waals surface area contributed by atoms with Gasteiger partial charge in [-0.15, -0.1) is 0 Å². The molecule has 0 aromatic heterocycles. The van der Waals surface area contributed by atoms with Crippen LogP contribution in [-0.4, -0.2) is 11.5 Å². The van der Waals surface area contributed by atoms with Crippen LogP contribution in [0.5, 0.6) is 0 Å². The third-order valence-electron chi connectivity index (χ3n) is 3.78. The molecular weight excluding hydrogens is 273 g/mol. The number of nitrogens with one attached hydrogen (secondary N) is 1. The van der Waals surface area contributed by atoms with Crippen molar-refractivity contribution in [1.82, 2.24) is 0 Å². The molecular formula is C13H15F3N2O2. The van der Waals surface area contributed by atoms with Crippen molar-refractivity contribution >= 4 is 11.4 Å². The largest absolute Gasteiger partial charge is 0.423 e. The highest BCUT2D eigenvalue weighted by atomic mass is 19.4. The summed E-state index contributed by atoms with van der Waals surface area (Å²) in [4.78, 5) is 9.62. The fourth-order valence-corrected chi connectivity index (χ4v) is 2.30. The van der Waals surface area contributed by atoms with Crippen LogP contribution >= 0.6 is 0 Å². The van der Waals surface area contributed by atoms with E-state index >= 15 is 0 Å². The van der Waals surface area contributed by atoms with Crippen LogP contribution in [0.15, 0.2) is 18.2 Å². The number of rotatable bonds is 4. The third kappa shape index (κ3) is 3.02. The topological polar surface area (TPSA) is 55.2 Å². The molecule has 1 fully saturated rings.